The quantitative estimate of drug-likeness (QED) is 0.488. The lowest BCUT2D eigenvalue weighted by Crippen LogP contribution is -2.24. The van der Waals surface area contributed by atoms with Crippen molar-refractivity contribution in [2.75, 3.05) is 12.1 Å². The molecule has 1 N–H and O–H groups in total. The lowest BCUT2D eigenvalue weighted by atomic mass is 10.1. The number of fused-ring (bicyclic) bond motifs is 2. The second kappa shape index (κ2) is 7.39. The third-order valence-corrected chi connectivity index (χ3v) is 5.34. The summed E-state index contributed by atoms with van der Waals surface area (Å²) in [7, 11) is 0. The first kappa shape index (κ1) is 18.5. The highest BCUT2D eigenvalue weighted by atomic mass is 35.5. The average molecular weight is 420 g/mol. The third-order valence-electron chi connectivity index (χ3n) is 5.10. The Bertz CT molecular complexity index is 1250. The topological polar surface area (TPSA) is 65.4 Å². The maximum atomic E-state index is 13.0. The Balaban J connectivity index is 1.50. The second-order valence-corrected chi connectivity index (χ2v) is 7.49. The Morgan fingerprint density at radius 1 is 1.07 bits per heavy atom. The number of amides is 1. The minimum absolute atomic E-state index is 0.187. The van der Waals surface area contributed by atoms with Gasteiger partial charge in [-0.05, 0) is 37.3 Å². The van der Waals surface area contributed by atoms with Gasteiger partial charge in [0, 0.05) is 27.7 Å². The van der Waals surface area contributed by atoms with Gasteiger partial charge in [0.05, 0.1) is 5.52 Å². The van der Waals surface area contributed by atoms with Crippen LogP contribution in [0.25, 0.3) is 22.2 Å². The molecule has 0 fully saturated rings. The molecule has 0 radical (unpaired) electrons. The molecule has 2 heterocycles. The zero-order valence-electron chi connectivity index (χ0n) is 16.1. The van der Waals surface area contributed by atoms with Crippen molar-refractivity contribution in [3.63, 3.8) is 0 Å². The first-order chi connectivity index (χ1) is 14.6. The van der Waals surface area contributed by atoms with Gasteiger partial charge in [-0.25, -0.2) is 0 Å². The second-order valence-electron chi connectivity index (χ2n) is 7.05. The van der Waals surface area contributed by atoms with Crippen LogP contribution < -0.4 is 14.8 Å². The monoisotopic (exact) mass is 419 g/mol. The summed E-state index contributed by atoms with van der Waals surface area (Å²) in [5.74, 6) is 1.10. The predicted molar refractivity (Wildman–Crippen MR) is 116 cm³/mol. The molecule has 1 aliphatic heterocycles. The van der Waals surface area contributed by atoms with Crippen LogP contribution in [0.2, 0.25) is 5.02 Å². The minimum Gasteiger partial charge on any atom is -0.454 e. The summed E-state index contributed by atoms with van der Waals surface area (Å²) < 4.78 is 12.4. The zero-order chi connectivity index (χ0) is 20.7. The summed E-state index contributed by atoms with van der Waals surface area (Å²) in [6.45, 7) is 2.01. The fourth-order valence-electron chi connectivity index (χ4n) is 3.55. The van der Waals surface area contributed by atoms with Gasteiger partial charge >= 0.3 is 0 Å². The lowest BCUT2D eigenvalue weighted by Gasteiger charge is -2.14. The van der Waals surface area contributed by atoms with Crippen LogP contribution in [0.5, 0.6) is 11.5 Å². The molecule has 30 heavy (non-hydrogen) atoms. The molecule has 150 valence electrons. The standard InChI is InChI=1S/C23H18ClN3O3/c1-14(23(28)25-17-8-10-20-21(12-17)30-13-29-20)27-19-9-7-16(24)11-18(19)22(26-27)15-5-3-2-4-6-15/h2-12,14H,13H2,1H3,(H,25,28). The largest absolute Gasteiger partial charge is 0.454 e. The molecule has 0 saturated heterocycles. The van der Waals surface area contributed by atoms with E-state index < -0.39 is 6.04 Å². The number of halogens is 1. The Labute approximate surface area is 178 Å². The summed E-state index contributed by atoms with van der Waals surface area (Å²) in [5.41, 5.74) is 3.23. The summed E-state index contributed by atoms with van der Waals surface area (Å²) >= 11 is 6.24. The molecule has 5 rings (SSSR count). The SMILES string of the molecule is CC(C(=O)Nc1ccc2c(c1)OCO2)n1nc(-c2ccccc2)c2cc(Cl)ccc21. The molecule has 1 unspecified atom stereocenters. The third kappa shape index (κ3) is 3.25. The molecule has 4 aromatic rings. The van der Waals surface area contributed by atoms with Crippen LogP contribution in [0.15, 0.2) is 66.7 Å². The number of rotatable bonds is 4. The number of nitrogens with one attached hydrogen (secondary N) is 1. The highest BCUT2D eigenvalue weighted by Gasteiger charge is 2.22. The van der Waals surface area contributed by atoms with Crippen molar-refractivity contribution in [3.8, 4) is 22.8 Å². The van der Waals surface area contributed by atoms with E-state index in [0.717, 1.165) is 22.2 Å². The van der Waals surface area contributed by atoms with Gasteiger partial charge < -0.3 is 14.8 Å². The maximum Gasteiger partial charge on any atom is 0.248 e. The number of anilines is 1. The number of carbonyl (C=O) groups excluding carboxylic acids is 1. The van der Waals surface area contributed by atoms with Gasteiger partial charge in [0.2, 0.25) is 12.7 Å². The van der Waals surface area contributed by atoms with E-state index in [1.54, 1.807) is 28.9 Å². The molecular weight excluding hydrogens is 402 g/mol. The van der Waals surface area contributed by atoms with E-state index in [2.05, 4.69) is 5.32 Å². The highest BCUT2D eigenvalue weighted by molar-refractivity contribution is 6.31. The number of hydrogen-bond donors (Lipinski definition) is 1. The predicted octanol–water partition coefficient (Wildman–Crippen LogP) is 5.29. The maximum absolute atomic E-state index is 13.0. The number of benzene rings is 3. The van der Waals surface area contributed by atoms with Crippen LogP contribution in [0.3, 0.4) is 0 Å². The number of aromatic nitrogens is 2. The molecule has 6 nitrogen and oxygen atoms in total. The molecule has 0 saturated carbocycles. The van der Waals surface area contributed by atoms with Crippen LogP contribution in [-0.4, -0.2) is 22.5 Å². The molecular formula is C23H18ClN3O3. The Morgan fingerprint density at radius 3 is 2.70 bits per heavy atom. The van der Waals surface area contributed by atoms with Crippen molar-refractivity contribution < 1.29 is 14.3 Å². The number of carbonyl (C=O) groups is 1. The van der Waals surface area contributed by atoms with Crippen molar-refractivity contribution in [1.29, 1.82) is 0 Å². The fraction of sp³-hybridized carbons (Fsp3) is 0.130. The van der Waals surface area contributed by atoms with Crippen LogP contribution in [0, 0.1) is 0 Å². The number of hydrogen-bond acceptors (Lipinski definition) is 4. The van der Waals surface area contributed by atoms with Gasteiger partial charge in [0.25, 0.3) is 0 Å². The van der Waals surface area contributed by atoms with Crippen molar-refractivity contribution in [2.24, 2.45) is 0 Å². The molecule has 7 heteroatoms. The minimum atomic E-state index is -0.545. The van der Waals surface area contributed by atoms with Crippen molar-refractivity contribution in [2.45, 2.75) is 13.0 Å². The molecule has 0 spiro atoms. The Morgan fingerprint density at radius 2 is 1.87 bits per heavy atom. The van der Waals surface area contributed by atoms with E-state index in [0.29, 0.717) is 22.2 Å². The Hall–Kier alpha value is -3.51. The van der Waals surface area contributed by atoms with Gasteiger partial charge in [-0.3, -0.25) is 9.48 Å². The van der Waals surface area contributed by atoms with Gasteiger partial charge in [0.1, 0.15) is 11.7 Å². The van der Waals surface area contributed by atoms with Gasteiger partial charge in [-0.15, -0.1) is 0 Å². The molecule has 0 bridgehead atoms. The Kier molecular flexibility index (Phi) is 4.56. The van der Waals surface area contributed by atoms with E-state index in [9.17, 15) is 4.79 Å². The number of ether oxygens (including phenoxy) is 2. The van der Waals surface area contributed by atoms with E-state index in [1.165, 1.54) is 0 Å². The van der Waals surface area contributed by atoms with E-state index in [4.69, 9.17) is 26.2 Å². The molecule has 1 aliphatic rings. The average Bonchev–Trinajstić information content (AvgIpc) is 3.37. The first-order valence-corrected chi connectivity index (χ1v) is 9.91. The van der Waals surface area contributed by atoms with Gasteiger partial charge in [0.15, 0.2) is 11.5 Å². The summed E-state index contributed by atoms with van der Waals surface area (Å²) in [6.07, 6.45) is 0. The molecule has 1 atom stereocenters. The van der Waals surface area contributed by atoms with Gasteiger partial charge in [-0.1, -0.05) is 41.9 Å². The lowest BCUT2D eigenvalue weighted by molar-refractivity contribution is -0.118. The summed E-state index contributed by atoms with van der Waals surface area (Å²) in [4.78, 5) is 13.0. The van der Waals surface area contributed by atoms with Crippen molar-refractivity contribution in [3.05, 3.63) is 71.8 Å². The summed E-state index contributed by atoms with van der Waals surface area (Å²) in [6, 6.07) is 20.2. The fourth-order valence-corrected chi connectivity index (χ4v) is 3.72. The van der Waals surface area contributed by atoms with E-state index >= 15 is 0 Å². The number of nitrogens with zero attached hydrogens (tertiary/aromatic N) is 2. The highest BCUT2D eigenvalue weighted by Crippen LogP contribution is 2.35. The molecule has 1 aromatic heterocycles. The van der Waals surface area contributed by atoms with Crippen LogP contribution in [0.1, 0.15) is 13.0 Å². The molecule has 3 aromatic carbocycles. The van der Waals surface area contributed by atoms with E-state index in [1.807, 2.05) is 49.4 Å². The van der Waals surface area contributed by atoms with Crippen molar-refractivity contribution in [1.82, 2.24) is 9.78 Å². The summed E-state index contributed by atoms with van der Waals surface area (Å²) in [5, 5.41) is 9.23. The van der Waals surface area contributed by atoms with Gasteiger partial charge in [-0.2, -0.15) is 5.10 Å². The van der Waals surface area contributed by atoms with Crippen molar-refractivity contribution >= 4 is 34.1 Å². The van der Waals surface area contributed by atoms with E-state index in [-0.39, 0.29) is 12.7 Å². The van der Waals surface area contributed by atoms with Crippen LogP contribution >= 0.6 is 11.6 Å². The normalized spacial score (nSPS) is 13.4. The van der Waals surface area contributed by atoms with Crippen LogP contribution in [-0.2, 0) is 4.79 Å². The molecule has 0 aliphatic carbocycles. The zero-order valence-corrected chi connectivity index (χ0v) is 16.9. The molecule has 1 amide bonds. The first-order valence-electron chi connectivity index (χ1n) is 9.54. The smallest absolute Gasteiger partial charge is 0.248 e. The van der Waals surface area contributed by atoms with Crippen LogP contribution in [0.4, 0.5) is 5.69 Å².